The average Bonchev–Trinajstić information content (AvgIpc) is 2.43. The lowest BCUT2D eigenvalue weighted by Crippen LogP contribution is -2.10. The van der Waals surface area contributed by atoms with Crippen LogP contribution >= 0.6 is 11.6 Å². The van der Waals surface area contributed by atoms with Crippen molar-refractivity contribution in [3.05, 3.63) is 63.4 Å². The molecule has 0 radical (unpaired) electrons. The fraction of sp³-hybridized carbons (Fsp3) is 0. The first-order valence-corrected chi connectivity index (χ1v) is 6.07. The molecule has 1 N–H and O–H groups in total. The number of hydrogen-bond acceptors (Lipinski definition) is 2. The fourth-order valence-corrected chi connectivity index (χ4v) is 2.11. The Morgan fingerprint density at radius 2 is 1.60 bits per heavy atom. The molecule has 0 atom stereocenters. The monoisotopic (exact) mass is 292 g/mol. The van der Waals surface area contributed by atoms with Gasteiger partial charge in [0.15, 0.2) is 11.6 Å². The SMILES string of the molecule is O=c1[nH]nc(-c2ccc(Cl)cc2)c2cc(F)c(F)cc12. The van der Waals surface area contributed by atoms with Gasteiger partial charge in [-0.3, -0.25) is 4.79 Å². The Kier molecular flexibility index (Phi) is 2.99. The van der Waals surface area contributed by atoms with E-state index in [0.717, 1.165) is 12.1 Å². The van der Waals surface area contributed by atoms with Crippen LogP contribution in [0.4, 0.5) is 8.78 Å². The Morgan fingerprint density at radius 3 is 2.25 bits per heavy atom. The molecule has 0 aliphatic rings. The first-order valence-electron chi connectivity index (χ1n) is 5.69. The number of nitrogens with one attached hydrogen (secondary N) is 1. The van der Waals surface area contributed by atoms with Gasteiger partial charge in [-0.25, -0.2) is 13.9 Å². The van der Waals surface area contributed by atoms with Crippen LogP contribution in [0.5, 0.6) is 0 Å². The van der Waals surface area contributed by atoms with Crippen LogP contribution in [0.3, 0.4) is 0 Å². The van der Waals surface area contributed by atoms with Crippen molar-refractivity contribution in [2.45, 2.75) is 0 Å². The number of aromatic nitrogens is 2. The van der Waals surface area contributed by atoms with Gasteiger partial charge in [-0.15, -0.1) is 0 Å². The Labute approximate surface area is 116 Å². The van der Waals surface area contributed by atoms with Crippen molar-refractivity contribution >= 4 is 22.4 Å². The zero-order chi connectivity index (χ0) is 14.3. The van der Waals surface area contributed by atoms with Crippen molar-refractivity contribution in [3.63, 3.8) is 0 Å². The summed E-state index contributed by atoms with van der Waals surface area (Å²) < 4.78 is 26.7. The van der Waals surface area contributed by atoms with E-state index in [-0.39, 0.29) is 10.8 Å². The lowest BCUT2D eigenvalue weighted by Gasteiger charge is -2.06. The van der Waals surface area contributed by atoms with E-state index in [4.69, 9.17) is 11.6 Å². The molecule has 1 heterocycles. The number of H-pyrrole nitrogens is 1. The van der Waals surface area contributed by atoms with Gasteiger partial charge in [0.2, 0.25) is 0 Å². The molecule has 0 aliphatic carbocycles. The van der Waals surface area contributed by atoms with Crippen molar-refractivity contribution in [2.75, 3.05) is 0 Å². The highest BCUT2D eigenvalue weighted by atomic mass is 35.5. The van der Waals surface area contributed by atoms with E-state index >= 15 is 0 Å². The number of nitrogens with zero attached hydrogens (tertiary/aromatic N) is 1. The van der Waals surface area contributed by atoms with Crippen LogP contribution in [0.2, 0.25) is 5.02 Å². The molecular weight excluding hydrogens is 286 g/mol. The number of fused-ring (bicyclic) bond motifs is 1. The van der Waals surface area contributed by atoms with Gasteiger partial charge in [-0.2, -0.15) is 5.10 Å². The van der Waals surface area contributed by atoms with E-state index in [2.05, 4.69) is 10.2 Å². The maximum atomic E-state index is 13.4. The summed E-state index contributed by atoms with van der Waals surface area (Å²) in [5.74, 6) is -2.10. The summed E-state index contributed by atoms with van der Waals surface area (Å²) in [7, 11) is 0. The third-order valence-corrected chi connectivity index (χ3v) is 3.20. The molecule has 3 aromatic rings. The van der Waals surface area contributed by atoms with E-state index in [1.165, 1.54) is 0 Å². The molecule has 1 aromatic heterocycles. The molecule has 3 nitrogen and oxygen atoms in total. The highest BCUT2D eigenvalue weighted by Crippen LogP contribution is 2.26. The zero-order valence-electron chi connectivity index (χ0n) is 9.95. The number of benzene rings is 2. The second kappa shape index (κ2) is 4.68. The van der Waals surface area contributed by atoms with Gasteiger partial charge >= 0.3 is 0 Å². The van der Waals surface area contributed by atoms with Gasteiger partial charge in [0.25, 0.3) is 5.56 Å². The lowest BCUT2D eigenvalue weighted by atomic mass is 10.0. The predicted molar refractivity (Wildman–Crippen MR) is 72.7 cm³/mol. The van der Waals surface area contributed by atoms with E-state index in [0.29, 0.717) is 16.3 Å². The van der Waals surface area contributed by atoms with Crippen LogP contribution in [0.1, 0.15) is 0 Å². The van der Waals surface area contributed by atoms with Crippen LogP contribution in [-0.4, -0.2) is 10.2 Å². The minimum absolute atomic E-state index is 0.0452. The van der Waals surface area contributed by atoms with Crippen LogP contribution in [-0.2, 0) is 0 Å². The van der Waals surface area contributed by atoms with Gasteiger partial charge < -0.3 is 0 Å². The minimum atomic E-state index is -1.07. The van der Waals surface area contributed by atoms with Gasteiger partial charge in [0.1, 0.15) is 0 Å². The minimum Gasteiger partial charge on any atom is -0.267 e. The first-order chi connectivity index (χ1) is 9.56. The number of halogens is 3. The number of aromatic amines is 1. The van der Waals surface area contributed by atoms with Crippen molar-refractivity contribution in [1.82, 2.24) is 10.2 Å². The normalized spacial score (nSPS) is 10.9. The molecule has 6 heteroatoms. The molecule has 0 spiro atoms. The van der Waals surface area contributed by atoms with Gasteiger partial charge in [-0.1, -0.05) is 23.7 Å². The topological polar surface area (TPSA) is 45.8 Å². The molecule has 0 saturated carbocycles. The quantitative estimate of drug-likeness (QED) is 0.746. The summed E-state index contributed by atoms with van der Waals surface area (Å²) in [5.41, 5.74) is 0.424. The van der Waals surface area contributed by atoms with Crippen LogP contribution < -0.4 is 5.56 Å². The average molecular weight is 293 g/mol. The maximum absolute atomic E-state index is 13.4. The Bertz CT molecular complexity index is 859. The van der Waals surface area contributed by atoms with Gasteiger partial charge in [-0.05, 0) is 24.3 Å². The molecule has 20 heavy (non-hydrogen) atoms. The van der Waals surface area contributed by atoms with Crippen LogP contribution in [0, 0.1) is 11.6 Å². The Balaban J connectivity index is 2.37. The summed E-state index contributed by atoms with van der Waals surface area (Å²) >= 11 is 5.80. The van der Waals surface area contributed by atoms with Crippen molar-refractivity contribution in [1.29, 1.82) is 0 Å². The third-order valence-electron chi connectivity index (χ3n) is 2.95. The molecule has 0 aliphatic heterocycles. The summed E-state index contributed by atoms with van der Waals surface area (Å²) in [6.07, 6.45) is 0. The Morgan fingerprint density at radius 1 is 1.00 bits per heavy atom. The highest BCUT2D eigenvalue weighted by molar-refractivity contribution is 6.30. The molecule has 0 amide bonds. The standard InChI is InChI=1S/C14H7ClF2N2O/c15-8-3-1-7(2-4-8)13-9-5-11(16)12(17)6-10(9)14(20)19-18-13/h1-6H,(H,19,20). The molecule has 3 rings (SSSR count). The predicted octanol–water partition coefficient (Wildman–Crippen LogP) is 3.52. The Hall–Kier alpha value is -2.27. The summed E-state index contributed by atoms with van der Waals surface area (Å²) in [4.78, 5) is 11.7. The van der Waals surface area contributed by atoms with Crippen LogP contribution in [0.25, 0.3) is 22.0 Å². The number of rotatable bonds is 1. The first kappa shape index (κ1) is 12.7. The lowest BCUT2D eigenvalue weighted by molar-refractivity contribution is 0.511. The second-order valence-corrected chi connectivity index (χ2v) is 4.66. The smallest absolute Gasteiger partial charge is 0.267 e. The third kappa shape index (κ3) is 2.06. The second-order valence-electron chi connectivity index (χ2n) is 4.22. The van der Waals surface area contributed by atoms with E-state index in [1.807, 2.05) is 0 Å². The maximum Gasteiger partial charge on any atom is 0.272 e. The van der Waals surface area contributed by atoms with E-state index < -0.39 is 17.2 Å². The van der Waals surface area contributed by atoms with Crippen molar-refractivity contribution in [3.8, 4) is 11.3 Å². The summed E-state index contributed by atoms with van der Waals surface area (Å²) in [6.45, 7) is 0. The highest BCUT2D eigenvalue weighted by Gasteiger charge is 2.13. The molecule has 100 valence electrons. The fourth-order valence-electron chi connectivity index (χ4n) is 1.99. The summed E-state index contributed by atoms with van der Waals surface area (Å²) in [6, 6.07) is 8.50. The molecule has 0 saturated heterocycles. The largest absolute Gasteiger partial charge is 0.272 e. The van der Waals surface area contributed by atoms with Crippen molar-refractivity contribution in [2.24, 2.45) is 0 Å². The summed E-state index contributed by atoms with van der Waals surface area (Å²) in [5, 5.41) is 7.01. The van der Waals surface area contributed by atoms with Gasteiger partial charge in [0, 0.05) is 16.0 Å². The van der Waals surface area contributed by atoms with E-state index in [1.54, 1.807) is 24.3 Å². The van der Waals surface area contributed by atoms with E-state index in [9.17, 15) is 13.6 Å². The van der Waals surface area contributed by atoms with Crippen molar-refractivity contribution < 1.29 is 8.78 Å². The molecule has 0 bridgehead atoms. The molecule has 0 unspecified atom stereocenters. The molecular formula is C14H7ClF2N2O. The zero-order valence-corrected chi connectivity index (χ0v) is 10.7. The number of hydrogen-bond donors (Lipinski definition) is 1. The van der Waals surface area contributed by atoms with Crippen LogP contribution in [0.15, 0.2) is 41.2 Å². The molecule has 0 fully saturated rings. The van der Waals surface area contributed by atoms with Gasteiger partial charge in [0.05, 0.1) is 11.1 Å². The molecule has 2 aromatic carbocycles.